The SMILES string of the molecule is CCOc1cc(C=NNc2nc(C)cs2)ccc1OCc1ccc(F)cc1Cl. The molecule has 0 bridgehead atoms. The summed E-state index contributed by atoms with van der Waals surface area (Å²) >= 11 is 7.54. The van der Waals surface area contributed by atoms with Gasteiger partial charge in [-0.1, -0.05) is 17.7 Å². The molecule has 146 valence electrons. The average molecular weight is 420 g/mol. The van der Waals surface area contributed by atoms with Crippen molar-refractivity contribution >= 4 is 34.3 Å². The van der Waals surface area contributed by atoms with Crippen LogP contribution in [0.4, 0.5) is 9.52 Å². The van der Waals surface area contributed by atoms with Crippen LogP contribution in [-0.2, 0) is 6.61 Å². The summed E-state index contributed by atoms with van der Waals surface area (Å²) in [7, 11) is 0. The van der Waals surface area contributed by atoms with Gasteiger partial charge in [-0.05, 0) is 49.7 Å². The maximum absolute atomic E-state index is 13.2. The zero-order chi connectivity index (χ0) is 19.9. The number of benzene rings is 2. The molecular weight excluding hydrogens is 401 g/mol. The monoisotopic (exact) mass is 419 g/mol. The molecular formula is C20H19ClFN3O2S. The van der Waals surface area contributed by atoms with E-state index in [0.717, 1.165) is 16.4 Å². The van der Waals surface area contributed by atoms with Crippen molar-refractivity contribution in [3.05, 3.63) is 69.4 Å². The third-order valence-electron chi connectivity index (χ3n) is 3.66. The van der Waals surface area contributed by atoms with E-state index >= 15 is 0 Å². The van der Waals surface area contributed by atoms with E-state index in [0.29, 0.717) is 28.7 Å². The van der Waals surface area contributed by atoms with E-state index < -0.39 is 0 Å². The van der Waals surface area contributed by atoms with E-state index in [-0.39, 0.29) is 12.4 Å². The number of thiazole rings is 1. The topological polar surface area (TPSA) is 55.7 Å². The molecule has 0 aliphatic heterocycles. The molecule has 28 heavy (non-hydrogen) atoms. The van der Waals surface area contributed by atoms with Crippen LogP contribution in [-0.4, -0.2) is 17.8 Å². The first kappa shape index (κ1) is 20.1. The van der Waals surface area contributed by atoms with Crippen LogP contribution >= 0.6 is 22.9 Å². The molecule has 0 radical (unpaired) electrons. The number of rotatable bonds is 8. The third kappa shape index (κ3) is 5.43. The number of nitrogens with one attached hydrogen (secondary N) is 1. The second-order valence-corrected chi connectivity index (χ2v) is 7.09. The molecule has 1 N–H and O–H groups in total. The third-order valence-corrected chi connectivity index (χ3v) is 4.88. The second-order valence-electron chi connectivity index (χ2n) is 5.83. The summed E-state index contributed by atoms with van der Waals surface area (Å²) in [6.07, 6.45) is 1.68. The van der Waals surface area contributed by atoms with Crippen LogP contribution in [0.3, 0.4) is 0 Å². The van der Waals surface area contributed by atoms with Gasteiger partial charge in [0.15, 0.2) is 11.5 Å². The van der Waals surface area contributed by atoms with Crippen LogP contribution in [0.5, 0.6) is 11.5 Å². The van der Waals surface area contributed by atoms with Crippen molar-refractivity contribution in [1.82, 2.24) is 4.98 Å². The lowest BCUT2D eigenvalue weighted by Gasteiger charge is -2.13. The Morgan fingerprint density at radius 3 is 2.79 bits per heavy atom. The van der Waals surface area contributed by atoms with Crippen LogP contribution in [0.25, 0.3) is 0 Å². The number of anilines is 1. The zero-order valence-corrected chi connectivity index (χ0v) is 17.0. The number of ether oxygens (including phenoxy) is 2. The number of aryl methyl sites for hydroxylation is 1. The van der Waals surface area contributed by atoms with Crippen molar-refractivity contribution in [2.75, 3.05) is 12.0 Å². The number of aromatic nitrogens is 1. The van der Waals surface area contributed by atoms with Crippen LogP contribution < -0.4 is 14.9 Å². The number of hydrogen-bond donors (Lipinski definition) is 1. The van der Waals surface area contributed by atoms with Gasteiger partial charge in [0.05, 0.1) is 23.5 Å². The molecule has 8 heteroatoms. The van der Waals surface area contributed by atoms with Crippen molar-refractivity contribution < 1.29 is 13.9 Å². The zero-order valence-electron chi connectivity index (χ0n) is 15.4. The van der Waals surface area contributed by atoms with Crippen molar-refractivity contribution in [1.29, 1.82) is 0 Å². The van der Waals surface area contributed by atoms with E-state index in [1.807, 2.05) is 31.4 Å². The fraction of sp³-hybridized carbons (Fsp3) is 0.200. The maximum Gasteiger partial charge on any atom is 0.203 e. The van der Waals surface area contributed by atoms with Gasteiger partial charge in [-0.2, -0.15) is 5.10 Å². The summed E-state index contributed by atoms with van der Waals surface area (Å²) in [5, 5.41) is 7.20. The lowest BCUT2D eigenvalue weighted by molar-refractivity contribution is 0.269. The van der Waals surface area contributed by atoms with Crippen molar-refractivity contribution in [2.24, 2.45) is 5.10 Å². The van der Waals surface area contributed by atoms with E-state index in [9.17, 15) is 4.39 Å². The highest BCUT2D eigenvalue weighted by Gasteiger charge is 2.09. The summed E-state index contributed by atoms with van der Waals surface area (Å²) in [6, 6.07) is 9.72. The van der Waals surface area contributed by atoms with Crippen LogP contribution in [0.15, 0.2) is 46.9 Å². The minimum atomic E-state index is -0.381. The summed E-state index contributed by atoms with van der Waals surface area (Å²) in [6.45, 7) is 4.52. The van der Waals surface area contributed by atoms with Gasteiger partial charge in [-0.3, -0.25) is 5.43 Å². The second kappa shape index (κ2) is 9.52. The van der Waals surface area contributed by atoms with E-state index in [1.54, 1.807) is 18.3 Å². The van der Waals surface area contributed by atoms with Gasteiger partial charge in [0.2, 0.25) is 5.13 Å². The molecule has 0 spiro atoms. The van der Waals surface area contributed by atoms with E-state index in [1.165, 1.54) is 23.5 Å². The molecule has 2 aromatic carbocycles. The van der Waals surface area contributed by atoms with E-state index in [2.05, 4.69) is 15.5 Å². The first-order valence-corrected chi connectivity index (χ1v) is 9.85. The highest BCUT2D eigenvalue weighted by Crippen LogP contribution is 2.30. The molecule has 0 amide bonds. The van der Waals surface area contributed by atoms with E-state index in [4.69, 9.17) is 21.1 Å². The standard InChI is InChI=1S/C20H19ClFN3O2S/c1-3-26-19-8-14(10-23-25-20-24-13(2)12-28-20)4-7-18(19)27-11-15-5-6-16(22)9-17(15)21/h4-10,12H,3,11H2,1-2H3,(H,24,25). The van der Waals surface area contributed by atoms with Crippen LogP contribution in [0, 0.1) is 12.7 Å². The summed E-state index contributed by atoms with van der Waals surface area (Å²) < 4.78 is 24.7. The lowest BCUT2D eigenvalue weighted by atomic mass is 10.2. The number of hydrazone groups is 1. The Balaban J connectivity index is 1.69. The van der Waals surface area contributed by atoms with Gasteiger partial charge in [-0.15, -0.1) is 11.3 Å². The normalized spacial score (nSPS) is 11.0. The molecule has 5 nitrogen and oxygen atoms in total. The number of hydrogen-bond acceptors (Lipinski definition) is 6. The molecule has 3 rings (SSSR count). The summed E-state index contributed by atoms with van der Waals surface area (Å²) in [5.41, 5.74) is 5.38. The highest BCUT2D eigenvalue weighted by molar-refractivity contribution is 7.13. The smallest absolute Gasteiger partial charge is 0.203 e. The molecule has 0 unspecified atom stereocenters. The average Bonchev–Trinajstić information content (AvgIpc) is 3.08. The van der Waals surface area contributed by atoms with Gasteiger partial charge >= 0.3 is 0 Å². The molecule has 3 aromatic rings. The fourth-order valence-electron chi connectivity index (χ4n) is 2.35. The minimum absolute atomic E-state index is 0.206. The van der Waals surface area contributed by atoms with Crippen molar-refractivity contribution in [3.63, 3.8) is 0 Å². The Kier molecular flexibility index (Phi) is 6.84. The molecule has 1 heterocycles. The Labute approximate surface area is 171 Å². The summed E-state index contributed by atoms with van der Waals surface area (Å²) in [4.78, 5) is 4.28. The van der Waals surface area contributed by atoms with Gasteiger partial charge in [0.25, 0.3) is 0 Å². The molecule has 1 aromatic heterocycles. The molecule has 0 fully saturated rings. The molecule has 0 atom stereocenters. The van der Waals surface area contributed by atoms with Gasteiger partial charge in [-0.25, -0.2) is 9.37 Å². The first-order valence-electron chi connectivity index (χ1n) is 8.60. The lowest BCUT2D eigenvalue weighted by Crippen LogP contribution is -2.01. The van der Waals surface area contributed by atoms with Gasteiger partial charge < -0.3 is 9.47 Å². The Bertz CT molecular complexity index is 978. The van der Waals surface area contributed by atoms with Crippen molar-refractivity contribution in [3.8, 4) is 11.5 Å². The largest absolute Gasteiger partial charge is 0.490 e. The van der Waals surface area contributed by atoms with Crippen LogP contribution in [0.2, 0.25) is 5.02 Å². The Morgan fingerprint density at radius 2 is 2.07 bits per heavy atom. The number of halogens is 2. The first-order chi connectivity index (χ1) is 13.5. The highest BCUT2D eigenvalue weighted by atomic mass is 35.5. The van der Waals surface area contributed by atoms with Crippen LogP contribution in [0.1, 0.15) is 23.7 Å². The molecule has 0 aliphatic carbocycles. The maximum atomic E-state index is 13.2. The van der Waals surface area contributed by atoms with Gasteiger partial charge in [0.1, 0.15) is 12.4 Å². The molecule has 0 saturated heterocycles. The minimum Gasteiger partial charge on any atom is -0.490 e. The Hall–Kier alpha value is -2.64. The molecule has 0 aliphatic rings. The molecule has 0 saturated carbocycles. The van der Waals surface area contributed by atoms with Gasteiger partial charge in [0, 0.05) is 10.9 Å². The number of nitrogens with zero attached hydrogens (tertiary/aromatic N) is 2. The predicted octanol–water partition coefficient (Wildman–Crippen LogP) is 5.67. The fourth-order valence-corrected chi connectivity index (χ4v) is 3.21. The Morgan fingerprint density at radius 1 is 1.21 bits per heavy atom. The predicted molar refractivity (Wildman–Crippen MR) is 111 cm³/mol. The van der Waals surface area contributed by atoms with Crippen molar-refractivity contribution in [2.45, 2.75) is 20.5 Å². The summed E-state index contributed by atoms with van der Waals surface area (Å²) in [5.74, 6) is 0.784. The quantitative estimate of drug-likeness (QED) is 0.377.